The fraction of sp³-hybridized carbons (Fsp3) is 0.381. The van der Waals surface area contributed by atoms with Crippen LogP contribution in [0.25, 0.3) is 0 Å². The van der Waals surface area contributed by atoms with Crippen LogP contribution in [0.3, 0.4) is 0 Å². The molecule has 4 heteroatoms. The van der Waals surface area contributed by atoms with Crippen molar-refractivity contribution >= 4 is 11.6 Å². The fourth-order valence-electron chi connectivity index (χ4n) is 3.83. The van der Waals surface area contributed by atoms with Gasteiger partial charge in [-0.2, -0.15) is 0 Å². The Hall–Kier alpha value is -2.49. The zero-order valence-electron chi connectivity index (χ0n) is 14.8. The highest BCUT2D eigenvalue weighted by Crippen LogP contribution is 2.44. The zero-order chi connectivity index (χ0) is 17.7. The lowest BCUT2D eigenvalue weighted by molar-refractivity contribution is -0.120. The standard InChI is InChI=1S/C21H26N2O2/c1-25-19-7-3-2-6-18(19)21(12-4-5-13-21)15-23-20(24)14-16-8-10-17(22)11-9-16/h2-3,6-11H,4-5,12-15,22H2,1H3,(H,23,24). The van der Waals surface area contributed by atoms with E-state index in [0.29, 0.717) is 18.7 Å². The SMILES string of the molecule is COc1ccccc1C1(CNC(=O)Cc2ccc(N)cc2)CCCC1. The molecule has 0 aromatic heterocycles. The molecule has 0 radical (unpaired) electrons. The normalized spacial score (nSPS) is 15.7. The van der Waals surface area contributed by atoms with E-state index in [0.717, 1.165) is 24.2 Å². The van der Waals surface area contributed by atoms with Crippen LogP contribution >= 0.6 is 0 Å². The van der Waals surface area contributed by atoms with Gasteiger partial charge in [-0.25, -0.2) is 0 Å². The summed E-state index contributed by atoms with van der Waals surface area (Å²) in [5.41, 5.74) is 8.57. The largest absolute Gasteiger partial charge is 0.496 e. The Labute approximate surface area is 149 Å². The number of hydrogen-bond donors (Lipinski definition) is 2. The van der Waals surface area contributed by atoms with E-state index in [2.05, 4.69) is 11.4 Å². The summed E-state index contributed by atoms with van der Waals surface area (Å²) in [7, 11) is 1.71. The number of benzene rings is 2. The maximum Gasteiger partial charge on any atom is 0.224 e. The van der Waals surface area contributed by atoms with Crippen LogP contribution in [0.4, 0.5) is 5.69 Å². The molecule has 25 heavy (non-hydrogen) atoms. The van der Waals surface area contributed by atoms with Crippen LogP contribution in [0.15, 0.2) is 48.5 Å². The van der Waals surface area contributed by atoms with Crippen molar-refractivity contribution in [3.8, 4) is 5.75 Å². The molecule has 3 rings (SSSR count). The van der Waals surface area contributed by atoms with Gasteiger partial charge in [0.05, 0.1) is 13.5 Å². The first kappa shape index (κ1) is 17.3. The van der Waals surface area contributed by atoms with Crippen molar-refractivity contribution < 1.29 is 9.53 Å². The Morgan fingerprint density at radius 1 is 1.12 bits per heavy atom. The number of carbonyl (C=O) groups is 1. The monoisotopic (exact) mass is 338 g/mol. The first-order valence-electron chi connectivity index (χ1n) is 8.88. The van der Waals surface area contributed by atoms with Crippen molar-refractivity contribution in [1.29, 1.82) is 0 Å². The number of para-hydroxylation sites is 1. The lowest BCUT2D eigenvalue weighted by Crippen LogP contribution is -2.39. The van der Waals surface area contributed by atoms with Crippen molar-refractivity contribution in [2.75, 3.05) is 19.4 Å². The van der Waals surface area contributed by atoms with E-state index in [4.69, 9.17) is 10.5 Å². The molecule has 0 saturated heterocycles. The summed E-state index contributed by atoms with van der Waals surface area (Å²) in [6, 6.07) is 15.6. The molecule has 0 unspecified atom stereocenters. The van der Waals surface area contributed by atoms with Gasteiger partial charge in [-0.15, -0.1) is 0 Å². The van der Waals surface area contributed by atoms with Crippen molar-refractivity contribution in [1.82, 2.24) is 5.32 Å². The summed E-state index contributed by atoms with van der Waals surface area (Å²) < 4.78 is 5.57. The number of methoxy groups -OCH3 is 1. The molecule has 0 aliphatic heterocycles. The lowest BCUT2D eigenvalue weighted by Gasteiger charge is -2.31. The Kier molecular flexibility index (Phi) is 5.27. The highest BCUT2D eigenvalue weighted by atomic mass is 16.5. The second kappa shape index (κ2) is 7.60. The number of hydrogen-bond acceptors (Lipinski definition) is 3. The topological polar surface area (TPSA) is 64.3 Å². The summed E-state index contributed by atoms with van der Waals surface area (Å²) >= 11 is 0. The van der Waals surface area contributed by atoms with Crippen molar-refractivity contribution in [2.45, 2.75) is 37.5 Å². The Bertz CT molecular complexity index is 719. The minimum atomic E-state index is -0.0244. The third-order valence-electron chi connectivity index (χ3n) is 5.21. The highest BCUT2D eigenvalue weighted by molar-refractivity contribution is 5.78. The van der Waals surface area contributed by atoms with Gasteiger partial charge in [-0.05, 0) is 36.6 Å². The fourth-order valence-corrected chi connectivity index (χ4v) is 3.83. The van der Waals surface area contributed by atoms with Gasteiger partial charge < -0.3 is 15.8 Å². The van der Waals surface area contributed by atoms with E-state index in [1.807, 2.05) is 42.5 Å². The van der Waals surface area contributed by atoms with Crippen molar-refractivity contribution in [2.24, 2.45) is 0 Å². The number of rotatable bonds is 6. The van der Waals surface area contributed by atoms with Gasteiger partial charge in [0.2, 0.25) is 5.91 Å². The molecule has 1 amide bonds. The lowest BCUT2D eigenvalue weighted by atomic mass is 9.78. The van der Waals surface area contributed by atoms with Crippen LogP contribution < -0.4 is 15.8 Å². The summed E-state index contributed by atoms with van der Waals surface area (Å²) in [6.07, 6.45) is 4.91. The average Bonchev–Trinajstić information content (AvgIpc) is 3.12. The molecule has 1 fully saturated rings. The first-order chi connectivity index (χ1) is 12.1. The predicted molar refractivity (Wildman–Crippen MR) is 101 cm³/mol. The van der Waals surface area contributed by atoms with Gasteiger partial charge in [0, 0.05) is 23.2 Å². The Morgan fingerprint density at radius 2 is 1.80 bits per heavy atom. The third kappa shape index (κ3) is 3.95. The number of amides is 1. The number of carbonyl (C=O) groups excluding carboxylic acids is 1. The molecule has 4 nitrogen and oxygen atoms in total. The van der Waals surface area contributed by atoms with Gasteiger partial charge in [-0.1, -0.05) is 43.2 Å². The molecular weight excluding hydrogens is 312 g/mol. The number of anilines is 1. The molecule has 0 spiro atoms. The molecule has 2 aromatic rings. The predicted octanol–water partition coefficient (Wildman–Crippen LogP) is 3.45. The Balaban J connectivity index is 1.70. The molecule has 3 N–H and O–H groups in total. The molecule has 0 atom stereocenters. The average molecular weight is 338 g/mol. The molecule has 2 aromatic carbocycles. The second-order valence-corrected chi connectivity index (χ2v) is 6.88. The smallest absolute Gasteiger partial charge is 0.224 e. The van der Waals surface area contributed by atoms with Gasteiger partial charge in [-0.3, -0.25) is 4.79 Å². The molecule has 132 valence electrons. The number of nitrogen functional groups attached to an aromatic ring is 1. The van der Waals surface area contributed by atoms with Crippen LogP contribution in [-0.4, -0.2) is 19.6 Å². The molecule has 0 bridgehead atoms. The summed E-state index contributed by atoms with van der Waals surface area (Å²) in [5.74, 6) is 0.961. The maximum atomic E-state index is 12.4. The zero-order valence-corrected chi connectivity index (χ0v) is 14.8. The van der Waals surface area contributed by atoms with Crippen LogP contribution in [0.2, 0.25) is 0 Å². The van der Waals surface area contributed by atoms with E-state index in [1.54, 1.807) is 7.11 Å². The summed E-state index contributed by atoms with van der Waals surface area (Å²) in [4.78, 5) is 12.4. The van der Waals surface area contributed by atoms with Crippen LogP contribution in [0.5, 0.6) is 5.75 Å². The van der Waals surface area contributed by atoms with Gasteiger partial charge in [0.25, 0.3) is 0 Å². The number of nitrogens with one attached hydrogen (secondary N) is 1. The molecule has 0 heterocycles. The third-order valence-corrected chi connectivity index (χ3v) is 5.21. The van der Waals surface area contributed by atoms with Gasteiger partial charge in [0.1, 0.15) is 5.75 Å². The van der Waals surface area contributed by atoms with E-state index in [1.165, 1.54) is 18.4 Å². The Morgan fingerprint density at radius 3 is 2.48 bits per heavy atom. The summed E-state index contributed by atoms with van der Waals surface area (Å²) in [5, 5.41) is 3.15. The number of nitrogens with two attached hydrogens (primary N) is 1. The van der Waals surface area contributed by atoms with E-state index >= 15 is 0 Å². The van der Waals surface area contributed by atoms with E-state index in [-0.39, 0.29) is 11.3 Å². The molecule has 1 saturated carbocycles. The van der Waals surface area contributed by atoms with Crippen LogP contribution in [-0.2, 0) is 16.6 Å². The minimum Gasteiger partial charge on any atom is -0.496 e. The van der Waals surface area contributed by atoms with E-state index in [9.17, 15) is 4.79 Å². The molecular formula is C21H26N2O2. The van der Waals surface area contributed by atoms with Crippen molar-refractivity contribution in [3.63, 3.8) is 0 Å². The highest BCUT2D eigenvalue weighted by Gasteiger charge is 2.37. The minimum absolute atomic E-state index is 0.0244. The summed E-state index contributed by atoms with van der Waals surface area (Å²) in [6.45, 7) is 0.654. The molecule has 1 aliphatic carbocycles. The molecule has 1 aliphatic rings. The second-order valence-electron chi connectivity index (χ2n) is 6.88. The van der Waals surface area contributed by atoms with Crippen LogP contribution in [0, 0.1) is 0 Å². The van der Waals surface area contributed by atoms with Gasteiger partial charge in [0.15, 0.2) is 0 Å². The number of ether oxygens (including phenoxy) is 1. The van der Waals surface area contributed by atoms with Crippen LogP contribution in [0.1, 0.15) is 36.8 Å². The quantitative estimate of drug-likeness (QED) is 0.793. The maximum absolute atomic E-state index is 12.4. The van der Waals surface area contributed by atoms with Crippen molar-refractivity contribution in [3.05, 3.63) is 59.7 Å². The van der Waals surface area contributed by atoms with Gasteiger partial charge >= 0.3 is 0 Å². The first-order valence-corrected chi connectivity index (χ1v) is 8.88. The van der Waals surface area contributed by atoms with E-state index < -0.39 is 0 Å².